The van der Waals surface area contributed by atoms with Crippen molar-refractivity contribution >= 4 is 21.6 Å². The van der Waals surface area contributed by atoms with Gasteiger partial charge in [0.2, 0.25) is 0 Å². The molecule has 0 aromatic heterocycles. The number of halogens is 4. The first-order chi connectivity index (χ1) is 9.47. The molecule has 0 spiro atoms. The van der Waals surface area contributed by atoms with Gasteiger partial charge in [0.1, 0.15) is 0 Å². The van der Waals surface area contributed by atoms with Gasteiger partial charge < -0.3 is 10.2 Å². The summed E-state index contributed by atoms with van der Waals surface area (Å²) in [6.45, 7) is 2.16. The zero-order chi connectivity index (χ0) is 14.6. The first-order valence-electron chi connectivity index (χ1n) is 6.74. The molecule has 2 nitrogen and oxygen atoms in total. The van der Waals surface area contributed by atoms with Crippen molar-refractivity contribution < 1.29 is 13.2 Å². The van der Waals surface area contributed by atoms with Gasteiger partial charge in [0, 0.05) is 29.8 Å². The Labute approximate surface area is 125 Å². The lowest BCUT2D eigenvalue weighted by Gasteiger charge is -2.33. The minimum Gasteiger partial charge on any atom is -0.383 e. The third-order valence-corrected chi connectivity index (χ3v) is 4.28. The molecule has 1 heterocycles. The summed E-state index contributed by atoms with van der Waals surface area (Å²) in [5, 5.41) is 3.24. The Morgan fingerprint density at radius 3 is 2.75 bits per heavy atom. The summed E-state index contributed by atoms with van der Waals surface area (Å²) in [6, 6.07) is 7.73. The average Bonchev–Trinajstić information content (AvgIpc) is 2.40. The maximum absolute atomic E-state index is 12.7. The predicted octanol–water partition coefficient (Wildman–Crippen LogP) is 4.14. The Balaban J connectivity index is 1.78. The Morgan fingerprint density at radius 1 is 1.30 bits per heavy atom. The molecule has 6 heteroatoms. The molecule has 0 radical (unpaired) electrons. The van der Waals surface area contributed by atoms with Crippen molar-refractivity contribution in [2.24, 2.45) is 5.92 Å². The lowest BCUT2D eigenvalue weighted by molar-refractivity contribution is -0.186. The van der Waals surface area contributed by atoms with Gasteiger partial charge in [-0.15, -0.1) is 0 Å². The first kappa shape index (κ1) is 15.6. The SMILES string of the molecule is FC(F)(F)C1CCCN(CCNc2ccccc2Br)C1. The molecule has 0 aliphatic carbocycles. The van der Waals surface area contributed by atoms with Crippen LogP contribution in [0.5, 0.6) is 0 Å². The van der Waals surface area contributed by atoms with E-state index < -0.39 is 12.1 Å². The second-order valence-corrected chi connectivity index (χ2v) is 5.94. The molecule has 1 aliphatic heterocycles. The number of hydrogen-bond acceptors (Lipinski definition) is 2. The third-order valence-electron chi connectivity index (χ3n) is 3.59. The van der Waals surface area contributed by atoms with Gasteiger partial charge in [0.15, 0.2) is 0 Å². The number of para-hydroxylation sites is 1. The Morgan fingerprint density at radius 2 is 2.05 bits per heavy atom. The lowest BCUT2D eigenvalue weighted by Crippen LogP contribution is -2.43. The molecular formula is C14H18BrF3N2. The van der Waals surface area contributed by atoms with E-state index in [-0.39, 0.29) is 13.0 Å². The molecule has 112 valence electrons. The summed E-state index contributed by atoms with van der Waals surface area (Å²) in [4.78, 5) is 1.89. The van der Waals surface area contributed by atoms with Crippen LogP contribution in [0, 0.1) is 5.92 Å². The van der Waals surface area contributed by atoms with Gasteiger partial charge in [-0.25, -0.2) is 0 Å². The highest BCUT2D eigenvalue weighted by Gasteiger charge is 2.41. The van der Waals surface area contributed by atoms with E-state index in [1.54, 1.807) is 0 Å². The van der Waals surface area contributed by atoms with Crippen LogP contribution >= 0.6 is 15.9 Å². The van der Waals surface area contributed by atoms with Crippen LogP contribution in [0.1, 0.15) is 12.8 Å². The normalized spacial score (nSPS) is 20.9. The molecular weight excluding hydrogens is 333 g/mol. The molecule has 1 aliphatic rings. The molecule has 1 aromatic rings. The number of piperidine rings is 1. The van der Waals surface area contributed by atoms with Gasteiger partial charge in [-0.1, -0.05) is 12.1 Å². The quantitative estimate of drug-likeness (QED) is 0.877. The molecule has 1 aromatic carbocycles. The number of anilines is 1. The van der Waals surface area contributed by atoms with Gasteiger partial charge in [-0.3, -0.25) is 0 Å². The average molecular weight is 351 g/mol. The van der Waals surface area contributed by atoms with E-state index in [0.717, 1.165) is 16.7 Å². The lowest BCUT2D eigenvalue weighted by atomic mass is 9.97. The smallest absolute Gasteiger partial charge is 0.383 e. The van der Waals surface area contributed by atoms with Crippen molar-refractivity contribution in [3.8, 4) is 0 Å². The molecule has 1 fully saturated rings. The highest BCUT2D eigenvalue weighted by Crippen LogP contribution is 2.33. The van der Waals surface area contributed by atoms with E-state index in [4.69, 9.17) is 0 Å². The number of likely N-dealkylation sites (tertiary alicyclic amines) is 1. The highest BCUT2D eigenvalue weighted by molar-refractivity contribution is 9.10. The summed E-state index contributed by atoms with van der Waals surface area (Å²) in [5.41, 5.74) is 0.969. The molecule has 2 rings (SSSR count). The molecule has 0 amide bonds. The van der Waals surface area contributed by atoms with Crippen LogP contribution in [-0.4, -0.2) is 37.3 Å². The molecule has 1 saturated heterocycles. The fourth-order valence-electron chi connectivity index (χ4n) is 2.48. The third kappa shape index (κ3) is 4.38. The number of hydrogen-bond donors (Lipinski definition) is 1. The van der Waals surface area contributed by atoms with E-state index >= 15 is 0 Å². The van der Waals surface area contributed by atoms with Crippen molar-refractivity contribution in [2.75, 3.05) is 31.5 Å². The minimum atomic E-state index is -4.06. The molecule has 1 N–H and O–H groups in total. The second kappa shape index (κ2) is 6.80. The Hall–Kier alpha value is -0.750. The van der Waals surface area contributed by atoms with E-state index in [2.05, 4.69) is 21.2 Å². The Kier molecular flexibility index (Phi) is 5.32. The summed E-state index contributed by atoms with van der Waals surface area (Å²) < 4.78 is 39.1. The second-order valence-electron chi connectivity index (χ2n) is 5.09. The number of nitrogens with one attached hydrogen (secondary N) is 1. The largest absolute Gasteiger partial charge is 0.393 e. The number of alkyl halides is 3. The van der Waals surface area contributed by atoms with Crippen LogP contribution in [0.3, 0.4) is 0 Å². The van der Waals surface area contributed by atoms with E-state index in [1.807, 2.05) is 29.2 Å². The summed E-state index contributed by atoms with van der Waals surface area (Å²) in [6.07, 6.45) is -3.18. The first-order valence-corrected chi connectivity index (χ1v) is 7.53. The van der Waals surface area contributed by atoms with Crippen LogP contribution in [0.25, 0.3) is 0 Å². The molecule has 0 saturated carbocycles. The summed E-state index contributed by atoms with van der Waals surface area (Å²) >= 11 is 3.43. The van der Waals surface area contributed by atoms with Crippen molar-refractivity contribution in [2.45, 2.75) is 19.0 Å². The standard InChI is InChI=1S/C14H18BrF3N2/c15-12-5-1-2-6-13(12)19-7-9-20-8-3-4-11(10-20)14(16,17)18/h1-2,5-6,11,19H,3-4,7-10H2. The van der Waals surface area contributed by atoms with E-state index in [1.165, 1.54) is 0 Å². The van der Waals surface area contributed by atoms with E-state index in [9.17, 15) is 13.2 Å². The van der Waals surface area contributed by atoms with Crippen LogP contribution in [0.15, 0.2) is 28.7 Å². The molecule has 1 unspecified atom stereocenters. The highest BCUT2D eigenvalue weighted by atomic mass is 79.9. The topological polar surface area (TPSA) is 15.3 Å². The van der Waals surface area contributed by atoms with Gasteiger partial charge in [0.25, 0.3) is 0 Å². The maximum Gasteiger partial charge on any atom is 0.393 e. The van der Waals surface area contributed by atoms with Crippen molar-refractivity contribution in [1.29, 1.82) is 0 Å². The van der Waals surface area contributed by atoms with Crippen molar-refractivity contribution in [3.63, 3.8) is 0 Å². The molecule has 20 heavy (non-hydrogen) atoms. The fraction of sp³-hybridized carbons (Fsp3) is 0.571. The van der Waals surface area contributed by atoms with Crippen molar-refractivity contribution in [1.82, 2.24) is 4.90 Å². The predicted molar refractivity (Wildman–Crippen MR) is 77.9 cm³/mol. The minimum absolute atomic E-state index is 0.126. The van der Waals surface area contributed by atoms with E-state index in [0.29, 0.717) is 19.5 Å². The van der Waals surface area contributed by atoms with Crippen LogP contribution in [0.4, 0.5) is 18.9 Å². The van der Waals surface area contributed by atoms with Gasteiger partial charge in [0.05, 0.1) is 5.92 Å². The summed E-state index contributed by atoms with van der Waals surface area (Å²) in [5.74, 6) is -1.17. The maximum atomic E-state index is 12.7. The number of nitrogens with zero attached hydrogens (tertiary/aromatic N) is 1. The number of rotatable bonds is 4. The van der Waals surface area contributed by atoms with Gasteiger partial charge in [-0.05, 0) is 47.4 Å². The van der Waals surface area contributed by atoms with Crippen LogP contribution in [-0.2, 0) is 0 Å². The number of benzene rings is 1. The molecule has 1 atom stereocenters. The monoisotopic (exact) mass is 350 g/mol. The van der Waals surface area contributed by atoms with Gasteiger partial charge in [-0.2, -0.15) is 13.2 Å². The van der Waals surface area contributed by atoms with Crippen molar-refractivity contribution in [3.05, 3.63) is 28.7 Å². The zero-order valence-electron chi connectivity index (χ0n) is 11.1. The van der Waals surface area contributed by atoms with Crippen LogP contribution in [0.2, 0.25) is 0 Å². The molecule has 0 bridgehead atoms. The summed E-state index contributed by atoms with van der Waals surface area (Å²) in [7, 11) is 0. The van der Waals surface area contributed by atoms with Gasteiger partial charge >= 0.3 is 6.18 Å². The Bertz CT molecular complexity index is 437. The van der Waals surface area contributed by atoms with Crippen LogP contribution < -0.4 is 5.32 Å². The zero-order valence-corrected chi connectivity index (χ0v) is 12.7. The fourth-order valence-corrected chi connectivity index (χ4v) is 2.90.